The van der Waals surface area contributed by atoms with Crippen molar-refractivity contribution >= 4 is 0 Å². The molecular weight excluding hydrogens is 236 g/mol. The summed E-state index contributed by atoms with van der Waals surface area (Å²) in [5.74, 6) is 0.478. The van der Waals surface area contributed by atoms with Crippen LogP contribution in [0.5, 0.6) is 5.88 Å². The normalized spacial score (nSPS) is 11.1. The molecular formula is C16H24N2O. The molecule has 3 heteroatoms. The topological polar surface area (TPSA) is 45.9 Å². The van der Waals surface area contributed by atoms with E-state index in [2.05, 4.69) is 38.7 Å². The molecule has 0 N–H and O–H groups in total. The van der Waals surface area contributed by atoms with Crippen molar-refractivity contribution in [3.05, 3.63) is 23.4 Å². The summed E-state index contributed by atoms with van der Waals surface area (Å²) in [7, 11) is 0. The second-order valence-electron chi connectivity index (χ2n) is 5.82. The number of pyridine rings is 1. The Morgan fingerprint density at radius 3 is 2.53 bits per heavy atom. The second kappa shape index (κ2) is 7.13. The van der Waals surface area contributed by atoms with Crippen LogP contribution in [0.15, 0.2) is 12.1 Å². The minimum atomic E-state index is -0.0334. The number of rotatable bonds is 6. The van der Waals surface area contributed by atoms with Crippen LogP contribution in [0.4, 0.5) is 0 Å². The van der Waals surface area contributed by atoms with Gasteiger partial charge in [0.1, 0.15) is 11.6 Å². The van der Waals surface area contributed by atoms with Crippen molar-refractivity contribution in [2.24, 2.45) is 0 Å². The predicted octanol–water partition coefficient (Wildman–Crippen LogP) is 4.21. The number of nitrogens with zero attached hydrogens (tertiary/aromatic N) is 2. The standard InChI is InChI=1S/C16H24N2O/c1-5-6-7-8-11-19-15-13(12-17)9-10-14(18-15)16(2,3)4/h9-10H,5-8,11H2,1-4H3. The third-order valence-electron chi connectivity index (χ3n) is 2.99. The maximum Gasteiger partial charge on any atom is 0.231 e. The summed E-state index contributed by atoms with van der Waals surface area (Å²) < 4.78 is 5.68. The molecule has 0 aliphatic carbocycles. The molecule has 1 rings (SSSR count). The van der Waals surface area contributed by atoms with E-state index in [1.807, 2.05) is 6.07 Å². The molecule has 0 aromatic carbocycles. The number of hydrogen-bond acceptors (Lipinski definition) is 3. The monoisotopic (exact) mass is 260 g/mol. The average molecular weight is 260 g/mol. The van der Waals surface area contributed by atoms with Gasteiger partial charge in [0, 0.05) is 11.1 Å². The van der Waals surface area contributed by atoms with Gasteiger partial charge in [-0.05, 0) is 18.6 Å². The van der Waals surface area contributed by atoms with Crippen LogP contribution in [-0.4, -0.2) is 11.6 Å². The largest absolute Gasteiger partial charge is 0.477 e. The van der Waals surface area contributed by atoms with Crippen molar-refractivity contribution in [3.8, 4) is 11.9 Å². The Balaban J connectivity index is 2.72. The van der Waals surface area contributed by atoms with Crippen LogP contribution in [0.25, 0.3) is 0 Å². The van der Waals surface area contributed by atoms with E-state index >= 15 is 0 Å². The van der Waals surface area contributed by atoms with Crippen LogP contribution in [0, 0.1) is 11.3 Å². The van der Waals surface area contributed by atoms with Crippen molar-refractivity contribution in [3.63, 3.8) is 0 Å². The molecule has 0 fully saturated rings. The van der Waals surface area contributed by atoms with Crippen molar-refractivity contribution in [2.45, 2.75) is 58.8 Å². The zero-order chi connectivity index (χ0) is 14.3. The van der Waals surface area contributed by atoms with E-state index < -0.39 is 0 Å². The Morgan fingerprint density at radius 2 is 1.95 bits per heavy atom. The van der Waals surface area contributed by atoms with E-state index in [1.54, 1.807) is 6.07 Å². The van der Waals surface area contributed by atoms with Gasteiger partial charge in [-0.25, -0.2) is 4.98 Å². The SMILES string of the molecule is CCCCCCOc1nc(C(C)(C)C)ccc1C#N. The zero-order valence-corrected chi connectivity index (χ0v) is 12.5. The molecule has 1 heterocycles. The molecule has 0 amide bonds. The van der Waals surface area contributed by atoms with Gasteiger partial charge in [0.05, 0.1) is 6.61 Å². The highest BCUT2D eigenvalue weighted by Gasteiger charge is 2.17. The van der Waals surface area contributed by atoms with E-state index in [-0.39, 0.29) is 5.41 Å². The zero-order valence-electron chi connectivity index (χ0n) is 12.5. The highest BCUT2D eigenvalue weighted by atomic mass is 16.5. The van der Waals surface area contributed by atoms with Crippen LogP contribution in [0.3, 0.4) is 0 Å². The van der Waals surface area contributed by atoms with E-state index in [0.29, 0.717) is 18.1 Å². The van der Waals surface area contributed by atoms with Crippen LogP contribution in [0.1, 0.15) is 64.6 Å². The smallest absolute Gasteiger partial charge is 0.231 e. The van der Waals surface area contributed by atoms with Crippen molar-refractivity contribution in [2.75, 3.05) is 6.61 Å². The van der Waals surface area contributed by atoms with Crippen LogP contribution >= 0.6 is 0 Å². The highest BCUT2D eigenvalue weighted by molar-refractivity contribution is 5.39. The van der Waals surface area contributed by atoms with Crippen LogP contribution in [-0.2, 0) is 5.41 Å². The van der Waals surface area contributed by atoms with Gasteiger partial charge >= 0.3 is 0 Å². The third-order valence-corrected chi connectivity index (χ3v) is 2.99. The lowest BCUT2D eigenvalue weighted by molar-refractivity contribution is 0.290. The molecule has 0 aliphatic heterocycles. The summed E-state index contributed by atoms with van der Waals surface area (Å²) in [5, 5.41) is 9.08. The lowest BCUT2D eigenvalue weighted by Crippen LogP contribution is -2.14. The lowest BCUT2D eigenvalue weighted by atomic mass is 9.91. The van der Waals surface area contributed by atoms with Crippen LogP contribution < -0.4 is 4.74 Å². The van der Waals surface area contributed by atoms with E-state index in [1.165, 1.54) is 12.8 Å². The maximum absolute atomic E-state index is 9.08. The maximum atomic E-state index is 9.08. The van der Waals surface area contributed by atoms with Gasteiger partial charge in [-0.3, -0.25) is 0 Å². The molecule has 1 aromatic heterocycles. The first kappa shape index (κ1) is 15.5. The number of ether oxygens (including phenoxy) is 1. The van der Waals surface area contributed by atoms with Gasteiger partial charge in [-0.15, -0.1) is 0 Å². The number of aromatic nitrogens is 1. The predicted molar refractivity (Wildman–Crippen MR) is 77.3 cm³/mol. The Hall–Kier alpha value is -1.56. The summed E-state index contributed by atoms with van der Waals surface area (Å²) in [5.41, 5.74) is 1.44. The Labute approximate surface area is 116 Å². The number of hydrogen-bond donors (Lipinski definition) is 0. The van der Waals surface area contributed by atoms with E-state index in [0.717, 1.165) is 18.5 Å². The van der Waals surface area contributed by atoms with Gasteiger partial charge in [-0.2, -0.15) is 5.26 Å². The Morgan fingerprint density at radius 1 is 1.21 bits per heavy atom. The van der Waals surface area contributed by atoms with Gasteiger partial charge in [0.2, 0.25) is 5.88 Å². The summed E-state index contributed by atoms with van der Waals surface area (Å²) in [6.45, 7) is 9.13. The minimum Gasteiger partial charge on any atom is -0.477 e. The van der Waals surface area contributed by atoms with E-state index in [4.69, 9.17) is 10.00 Å². The Bertz CT molecular complexity index is 441. The fourth-order valence-electron chi connectivity index (χ4n) is 1.75. The van der Waals surface area contributed by atoms with Gasteiger partial charge in [0.25, 0.3) is 0 Å². The summed E-state index contributed by atoms with van der Waals surface area (Å²) in [6, 6.07) is 5.84. The van der Waals surface area contributed by atoms with Gasteiger partial charge in [0.15, 0.2) is 0 Å². The third kappa shape index (κ3) is 4.90. The van der Waals surface area contributed by atoms with Gasteiger partial charge in [-0.1, -0.05) is 47.0 Å². The Kier molecular flexibility index (Phi) is 5.82. The van der Waals surface area contributed by atoms with Crippen molar-refractivity contribution in [1.82, 2.24) is 4.98 Å². The quantitative estimate of drug-likeness (QED) is 0.720. The van der Waals surface area contributed by atoms with Gasteiger partial charge < -0.3 is 4.74 Å². The molecule has 0 saturated heterocycles. The first-order chi connectivity index (χ1) is 8.99. The number of nitriles is 1. The highest BCUT2D eigenvalue weighted by Crippen LogP contribution is 2.24. The molecule has 0 aliphatic rings. The second-order valence-corrected chi connectivity index (χ2v) is 5.82. The molecule has 19 heavy (non-hydrogen) atoms. The minimum absolute atomic E-state index is 0.0334. The molecule has 0 unspecified atom stereocenters. The fraction of sp³-hybridized carbons (Fsp3) is 0.625. The first-order valence-electron chi connectivity index (χ1n) is 7.03. The molecule has 104 valence electrons. The van der Waals surface area contributed by atoms with Crippen molar-refractivity contribution in [1.29, 1.82) is 5.26 Å². The number of unbranched alkanes of at least 4 members (excludes halogenated alkanes) is 3. The average Bonchev–Trinajstić information content (AvgIpc) is 2.37. The molecule has 3 nitrogen and oxygen atoms in total. The molecule has 1 aromatic rings. The van der Waals surface area contributed by atoms with E-state index in [9.17, 15) is 0 Å². The van der Waals surface area contributed by atoms with Crippen LogP contribution in [0.2, 0.25) is 0 Å². The summed E-state index contributed by atoms with van der Waals surface area (Å²) >= 11 is 0. The molecule has 0 radical (unpaired) electrons. The fourth-order valence-corrected chi connectivity index (χ4v) is 1.75. The van der Waals surface area contributed by atoms with Crippen molar-refractivity contribution < 1.29 is 4.74 Å². The molecule has 0 atom stereocenters. The first-order valence-corrected chi connectivity index (χ1v) is 7.03. The molecule has 0 spiro atoms. The molecule has 0 bridgehead atoms. The summed E-state index contributed by atoms with van der Waals surface area (Å²) in [6.07, 6.45) is 4.61. The summed E-state index contributed by atoms with van der Waals surface area (Å²) in [4.78, 5) is 4.49. The molecule has 0 saturated carbocycles. The lowest BCUT2D eigenvalue weighted by Gasteiger charge is -2.18.